The Bertz CT molecular complexity index is 323. The molecule has 0 bridgehead atoms. The molecule has 0 heterocycles. The highest BCUT2D eigenvalue weighted by atomic mass is 35.5. The van der Waals surface area contributed by atoms with Crippen LogP contribution in [0, 0.1) is 11.8 Å². The standard InChI is InChI=1S/C12H24N2O4S4.2ClH/c1-7(2)5-9(11(15)17-19)13-21-22-14-10(6-8(3)4)12(16)18-20;;/h7-10,13-14,19-20H,5-6H2,1-4H3;2*1H/t9-,10-;;/m0../s1. The zero-order chi connectivity index (χ0) is 17.1. The van der Waals surface area contributed by atoms with Gasteiger partial charge in [0.05, 0.1) is 0 Å². The van der Waals surface area contributed by atoms with Gasteiger partial charge in [0.2, 0.25) is 0 Å². The van der Waals surface area contributed by atoms with E-state index in [1.54, 1.807) is 0 Å². The predicted molar refractivity (Wildman–Crippen MR) is 113 cm³/mol. The van der Waals surface area contributed by atoms with E-state index in [2.05, 4.69) is 43.6 Å². The molecule has 2 N–H and O–H groups in total. The first-order valence-corrected chi connectivity index (χ1v) is 9.73. The Hall–Kier alpha value is 0.840. The first kappa shape index (κ1) is 29.6. The van der Waals surface area contributed by atoms with Crippen LogP contribution in [0.3, 0.4) is 0 Å². The Labute approximate surface area is 175 Å². The molecule has 0 aliphatic carbocycles. The maximum Gasteiger partial charge on any atom is 0.335 e. The Morgan fingerprint density at radius 2 is 1.12 bits per heavy atom. The summed E-state index contributed by atoms with van der Waals surface area (Å²) in [5, 5.41) is 0. The average Bonchev–Trinajstić information content (AvgIpc) is 2.46. The van der Waals surface area contributed by atoms with E-state index in [4.69, 9.17) is 0 Å². The van der Waals surface area contributed by atoms with Crippen LogP contribution in [0.1, 0.15) is 40.5 Å². The van der Waals surface area contributed by atoms with Crippen LogP contribution in [0.4, 0.5) is 0 Å². The van der Waals surface area contributed by atoms with Gasteiger partial charge in [-0.3, -0.25) is 0 Å². The maximum atomic E-state index is 11.6. The van der Waals surface area contributed by atoms with Crippen molar-refractivity contribution >= 4 is 84.5 Å². The molecule has 0 saturated carbocycles. The third kappa shape index (κ3) is 14.1. The van der Waals surface area contributed by atoms with Gasteiger partial charge in [-0.1, -0.05) is 27.7 Å². The molecule has 0 aromatic rings. The van der Waals surface area contributed by atoms with Gasteiger partial charge in [0.1, 0.15) is 12.1 Å². The number of carbonyl (C=O) groups excluding carboxylic acids is 2. The summed E-state index contributed by atoms with van der Waals surface area (Å²) in [5.41, 5.74) is 0. The van der Waals surface area contributed by atoms with Crippen LogP contribution in [0.2, 0.25) is 0 Å². The molecule has 0 spiro atoms. The molecular weight excluding hydrogens is 435 g/mol. The molecule has 2 atom stereocenters. The number of rotatable bonds is 11. The van der Waals surface area contributed by atoms with Gasteiger partial charge in [0.15, 0.2) is 0 Å². The van der Waals surface area contributed by atoms with E-state index in [0.717, 1.165) is 0 Å². The number of hydrogen-bond acceptors (Lipinski definition) is 10. The molecule has 0 aliphatic rings. The van der Waals surface area contributed by atoms with Crippen LogP contribution >= 0.6 is 72.6 Å². The smallest absolute Gasteiger partial charge is 0.335 e. The summed E-state index contributed by atoms with van der Waals surface area (Å²) in [5.74, 6) is -0.204. The third-order valence-corrected chi connectivity index (χ3v) is 4.62. The van der Waals surface area contributed by atoms with E-state index < -0.39 is 24.0 Å². The Balaban J connectivity index is -0.00000220. The maximum absolute atomic E-state index is 11.6. The highest BCUT2D eigenvalue weighted by molar-refractivity contribution is 8.75. The molecule has 0 aromatic carbocycles. The molecule has 146 valence electrons. The molecule has 12 heteroatoms. The van der Waals surface area contributed by atoms with Gasteiger partial charge in [-0.05, 0) is 24.7 Å². The molecule has 0 radical (unpaired) electrons. The topological polar surface area (TPSA) is 76.7 Å². The largest absolute Gasteiger partial charge is 0.393 e. The Morgan fingerprint density at radius 3 is 1.33 bits per heavy atom. The lowest BCUT2D eigenvalue weighted by atomic mass is 10.1. The first-order valence-electron chi connectivity index (χ1n) is 6.85. The summed E-state index contributed by atoms with van der Waals surface area (Å²) in [6.45, 7) is 8.05. The summed E-state index contributed by atoms with van der Waals surface area (Å²) < 4.78 is 14.9. The minimum atomic E-state index is -0.461. The molecule has 0 unspecified atom stereocenters. The second-order valence-electron chi connectivity index (χ2n) is 5.59. The van der Waals surface area contributed by atoms with Crippen LogP contribution in [0.15, 0.2) is 0 Å². The fourth-order valence-corrected chi connectivity index (χ4v) is 3.57. The van der Waals surface area contributed by atoms with Gasteiger partial charge in [0, 0.05) is 47.8 Å². The zero-order valence-electron chi connectivity index (χ0n) is 13.9. The summed E-state index contributed by atoms with van der Waals surface area (Å²) in [4.78, 5) is 23.2. The van der Waals surface area contributed by atoms with Gasteiger partial charge < -0.3 is 8.37 Å². The van der Waals surface area contributed by atoms with Crippen molar-refractivity contribution in [1.82, 2.24) is 9.44 Å². The van der Waals surface area contributed by atoms with E-state index in [1.807, 2.05) is 27.7 Å². The summed E-state index contributed by atoms with van der Waals surface area (Å²) in [7, 11) is 2.44. The lowest BCUT2D eigenvalue weighted by Crippen LogP contribution is -2.36. The van der Waals surface area contributed by atoms with Crippen LogP contribution in [0.25, 0.3) is 0 Å². The Kier molecular flexibility index (Phi) is 21.3. The van der Waals surface area contributed by atoms with Crippen molar-refractivity contribution in [2.24, 2.45) is 11.8 Å². The van der Waals surface area contributed by atoms with Crippen molar-refractivity contribution in [1.29, 1.82) is 0 Å². The third-order valence-electron chi connectivity index (χ3n) is 2.59. The fourth-order valence-electron chi connectivity index (χ4n) is 1.62. The normalized spacial score (nSPS) is 12.8. The first-order chi connectivity index (χ1) is 10.3. The molecular formula is C12H26Cl2N2O4S4. The van der Waals surface area contributed by atoms with Crippen molar-refractivity contribution in [3.63, 3.8) is 0 Å². The van der Waals surface area contributed by atoms with E-state index in [9.17, 15) is 9.59 Å². The molecule has 6 nitrogen and oxygen atoms in total. The average molecular weight is 462 g/mol. The van der Waals surface area contributed by atoms with Crippen LogP contribution in [0.5, 0.6) is 0 Å². The second kappa shape index (κ2) is 17.3. The highest BCUT2D eigenvalue weighted by Gasteiger charge is 2.23. The van der Waals surface area contributed by atoms with Crippen molar-refractivity contribution in [3.8, 4) is 0 Å². The molecule has 24 heavy (non-hydrogen) atoms. The SMILES string of the molecule is CC(C)C[C@H](NSSN[C@@H](CC(C)C)C(=O)OS)C(=O)OS.Cl.Cl. The van der Waals surface area contributed by atoms with Gasteiger partial charge in [0.25, 0.3) is 0 Å². The lowest BCUT2D eigenvalue weighted by Gasteiger charge is -2.19. The predicted octanol–water partition coefficient (Wildman–Crippen LogP) is 3.83. The van der Waals surface area contributed by atoms with Crippen LogP contribution < -0.4 is 9.44 Å². The molecule has 0 aromatic heterocycles. The number of thiol groups is 2. The number of nitrogens with one attached hydrogen (secondary N) is 2. The summed E-state index contributed by atoms with van der Waals surface area (Å²) >= 11 is 7.08. The molecule has 0 rings (SSSR count). The van der Waals surface area contributed by atoms with Crippen molar-refractivity contribution in [3.05, 3.63) is 0 Å². The fraction of sp³-hybridized carbons (Fsp3) is 0.833. The lowest BCUT2D eigenvalue weighted by molar-refractivity contribution is -0.135. The van der Waals surface area contributed by atoms with Gasteiger partial charge in [-0.2, -0.15) is 0 Å². The van der Waals surface area contributed by atoms with Gasteiger partial charge in [-0.25, -0.2) is 19.0 Å². The highest BCUT2D eigenvalue weighted by Crippen LogP contribution is 2.20. The number of hydrogen-bond donors (Lipinski definition) is 4. The molecule has 0 saturated heterocycles. The minimum Gasteiger partial charge on any atom is -0.393 e. The van der Waals surface area contributed by atoms with E-state index in [0.29, 0.717) is 24.7 Å². The van der Waals surface area contributed by atoms with Crippen LogP contribution in [-0.2, 0) is 18.0 Å². The Morgan fingerprint density at radius 1 is 0.833 bits per heavy atom. The zero-order valence-corrected chi connectivity index (χ0v) is 18.9. The molecule has 0 aliphatic heterocycles. The quantitative estimate of drug-likeness (QED) is 0.122. The molecule has 0 amide bonds. The minimum absolute atomic E-state index is 0. The summed E-state index contributed by atoms with van der Waals surface area (Å²) in [6.07, 6.45) is 1.25. The van der Waals surface area contributed by atoms with E-state index in [-0.39, 0.29) is 24.8 Å². The van der Waals surface area contributed by atoms with Crippen molar-refractivity contribution in [2.75, 3.05) is 0 Å². The monoisotopic (exact) mass is 460 g/mol. The second-order valence-corrected chi connectivity index (χ2v) is 7.76. The van der Waals surface area contributed by atoms with E-state index in [1.165, 1.54) is 22.0 Å². The van der Waals surface area contributed by atoms with E-state index >= 15 is 0 Å². The number of halogens is 2. The summed E-state index contributed by atoms with van der Waals surface area (Å²) in [6, 6.07) is -0.922. The number of carbonyl (C=O) groups is 2. The molecule has 0 fully saturated rings. The van der Waals surface area contributed by atoms with Crippen molar-refractivity contribution in [2.45, 2.75) is 52.6 Å². The van der Waals surface area contributed by atoms with Gasteiger partial charge >= 0.3 is 11.9 Å². The van der Waals surface area contributed by atoms with Gasteiger partial charge in [-0.15, -0.1) is 24.8 Å². The van der Waals surface area contributed by atoms with Crippen LogP contribution in [-0.4, -0.2) is 24.0 Å². The van der Waals surface area contributed by atoms with Crippen molar-refractivity contribution < 1.29 is 18.0 Å².